The molecule has 1 spiro atoms. The minimum absolute atomic E-state index is 0.228. The van der Waals surface area contributed by atoms with Crippen molar-refractivity contribution in [2.75, 3.05) is 11.9 Å². The first-order valence-electron chi connectivity index (χ1n) is 6.17. The van der Waals surface area contributed by atoms with Gasteiger partial charge in [0.1, 0.15) is 0 Å². The Balaban J connectivity index is 1.87. The first-order chi connectivity index (χ1) is 9.11. The Morgan fingerprint density at radius 1 is 1.42 bits per heavy atom. The van der Waals surface area contributed by atoms with Crippen LogP contribution in [-0.4, -0.2) is 30.0 Å². The quantitative estimate of drug-likeness (QED) is 0.649. The Kier molecular flexibility index (Phi) is 2.76. The van der Waals surface area contributed by atoms with Gasteiger partial charge in [-0.05, 0) is 6.07 Å². The number of nitrogens with one attached hydrogen (secondary N) is 2. The molecule has 6 nitrogen and oxygen atoms in total. The lowest BCUT2D eigenvalue weighted by atomic mass is 9.98. The van der Waals surface area contributed by atoms with Gasteiger partial charge < -0.3 is 21.1 Å². The molecule has 3 rings (SSSR count). The van der Waals surface area contributed by atoms with E-state index < -0.39 is 17.6 Å². The SMILES string of the molecule is NC(=O)[C@@H]1CC2(CN1)OCc1ccccc1NC2=O. The van der Waals surface area contributed by atoms with Crippen molar-refractivity contribution in [2.24, 2.45) is 5.73 Å². The standard InChI is InChI=1S/C13H15N3O3/c14-11(17)10-5-13(7-15-10)12(18)16-9-4-2-1-3-8(9)6-19-13/h1-4,10,15H,5-7H2,(H2,14,17)(H,16,18)/t10-,13?/m0/s1. The van der Waals surface area contributed by atoms with Crippen LogP contribution in [0.1, 0.15) is 12.0 Å². The van der Waals surface area contributed by atoms with Gasteiger partial charge in [-0.15, -0.1) is 0 Å². The van der Waals surface area contributed by atoms with Gasteiger partial charge in [0.25, 0.3) is 5.91 Å². The van der Waals surface area contributed by atoms with E-state index in [1.165, 1.54) is 0 Å². The number of carbonyl (C=O) groups is 2. The zero-order chi connectivity index (χ0) is 13.5. The van der Waals surface area contributed by atoms with Crippen LogP contribution < -0.4 is 16.4 Å². The van der Waals surface area contributed by atoms with Gasteiger partial charge in [-0.3, -0.25) is 9.59 Å². The van der Waals surface area contributed by atoms with E-state index in [0.29, 0.717) is 13.2 Å². The molecule has 1 fully saturated rings. The third-order valence-electron chi connectivity index (χ3n) is 3.69. The number of para-hydroxylation sites is 1. The number of ether oxygens (including phenoxy) is 1. The highest BCUT2D eigenvalue weighted by atomic mass is 16.5. The largest absolute Gasteiger partial charge is 0.368 e. The fourth-order valence-corrected chi connectivity index (χ4v) is 2.53. The molecule has 1 saturated heterocycles. The zero-order valence-electron chi connectivity index (χ0n) is 10.3. The second kappa shape index (κ2) is 4.32. The van der Waals surface area contributed by atoms with Gasteiger partial charge in [0.05, 0.1) is 12.6 Å². The molecule has 2 amide bonds. The summed E-state index contributed by atoms with van der Waals surface area (Å²) in [4.78, 5) is 23.6. The molecule has 0 bridgehead atoms. The summed E-state index contributed by atoms with van der Waals surface area (Å²) in [5, 5.41) is 5.80. The number of hydrogen-bond donors (Lipinski definition) is 3. The third kappa shape index (κ3) is 1.98. The van der Waals surface area contributed by atoms with Crippen molar-refractivity contribution in [3.8, 4) is 0 Å². The molecule has 0 aromatic heterocycles. The number of fused-ring (bicyclic) bond motifs is 1. The van der Waals surface area contributed by atoms with Crippen molar-refractivity contribution in [3.05, 3.63) is 29.8 Å². The third-order valence-corrected chi connectivity index (χ3v) is 3.69. The molecule has 6 heteroatoms. The van der Waals surface area contributed by atoms with Crippen LogP contribution in [0.5, 0.6) is 0 Å². The van der Waals surface area contributed by atoms with Crippen LogP contribution >= 0.6 is 0 Å². The van der Waals surface area contributed by atoms with Crippen molar-refractivity contribution in [1.29, 1.82) is 0 Å². The first kappa shape index (κ1) is 12.1. The fourth-order valence-electron chi connectivity index (χ4n) is 2.53. The van der Waals surface area contributed by atoms with Crippen LogP contribution in [-0.2, 0) is 20.9 Å². The summed E-state index contributed by atoms with van der Waals surface area (Å²) in [7, 11) is 0. The first-order valence-corrected chi connectivity index (χ1v) is 6.17. The van der Waals surface area contributed by atoms with Crippen molar-refractivity contribution in [1.82, 2.24) is 5.32 Å². The van der Waals surface area contributed by atoms with Gasteiger partial charge in [0.15, 0.2) is 5.60 Å². The summed E-state index contributed by atoms with van der Waals surface area (Å²) in [6.07, 6.45) is 0.266. The van der Waals surface area contributed by atoms with E-state index in [0.717, 1.165) is 11.3 Å². The number of amides is 2. The second-order valence-electron chi connectivity index (χ2n) is 4.93. The van der Waals surface area contributed by atoms with Gasteiger partial charge in [0.2, 0.25) is 5.91 Å². The number of primary amides is 1. The molecule has 2 aliphatic heterocycles. The van der Waals surface area contributed by atoms with E-state index >= 15 is 0 Å². The molecule has 0 aliphatic carbocycles. The molecular weight excluding hydrogens is 246 g/mol. The maximum absolute atomic E-state index is 12.3. The van der Waals surface area contributed by atoms with E-state index in [9.17, 15) is 9.59 Å². The normalized spacial score (nSPS) is 29.7. The van der Waals surface area contributed by atoms with Crippen LogP contribution in [0.2, 0.25) is 0 Å². The highest BCUT2D eigenvalue weighted by Gasteiger charge is 2.49. The summed E-state index contributed by atoms with van der Waals surface area (Å²) < 4.78 is 5.79. The predicted molar refractivity (Wildman–Crippen MR) is 68.2 cm³/mol. The molecule has 100 valence electrons. The highest BCUT2D eigenvalue weighted by Crippen LogP contribution is 2.31. The molecule has 1 aromatic carbocycles. The summed E-state index contributed by atoms with van der Waals surface area (Å²) in [5.41, 5.74) is 5.94. The summed E-state index contributed by atoms with van der Waals surface area (Å²) >= 11 is 0. The molecule has 0 radical (unpaired) electrons. The molecule has 2 heterocycles. The van der Waals surface area contributed by atoms with Crippen LogP contribution in [0.25, 0.3) is 0 Å². The Bertz CT molecular complexity index is 546. The lowest BCUT2D eigenvalue weighted by molar-refractivity contribution is -0.140. The summed E-state index contributed by atoms with van der Waals surface area (Å²) in [6.45, 7) is 0.627. The number of benzene rings is 1. The van der Waals surface area contributed by atoms with Gasteiger partial charge in [0, 0.05) is 24.2 Å². The maximum Gasteiger partial charge on any atom is 0.258 e. The van der Waals surface area contributed by atoms with E-state index in [1.807, 2.05) is 24.3 Å². The van der Waals surface area contributed by atoms with Gasteiger partial charge in [-0.25, -0.2) is 0 Å². The Morgan fingerprint density at radius 2 is 2.21 bits per heavy atom. The molecule has 1 unspecified atom stereocenters. The molecular formula is C13H15N3O3. The van der Waals surface area contributed by atoms with Crippen LogP contribution in [0, 0.1) is 0 Å². The molecule has 2 atom stereocenters. The molecule has 19 heavy (non-hydrogen) atoms. The number of rotatable bonds is 1. The maximum atomic E-state index is 12.3. The van der Waals surface area contributed by atoms with Crippen molar-refractivity contribution >= 4 is 17.5 Å². The van der Waals surface area contributed by atoms with Gasteiger partial charge in [-0.2, -0.15) is 0 Å². The van der Waals surface area contributed by atoms with E-state index in [2.05, 4.69) is 10.6 Å². The predicted octanol–water partition coefficient (Wildman–Crippen LogP) is -0.259. The van der Waals surface area contributed by atoms with Gasteiger partial charge in [-0.1, -0.05) is 18.2 Å². The summed E-state index contributed by atoms with van der Waals surface area (Å²) in [5.74, 6) is -0.691. The number of nitrogens with two attached hydrogens (primary N) is 1. The minimum Gasteiger partial charge on any atom is -0.368 e. The van der Waals surface area contributed by atoms with Crippen molar-refractivity contribution in [3.63, 3.8) is 0 Å². The number of hydrogen-bond acceptors (Lipinski definition) is 4. The summed E-state index contributed by atoms with van der Waals surface area (Å²) in [6, 6.07) is 6.97. The fraction of sp³-hybridized carbons (Fsp3) is 0.385. The zero-order valence-corrected chi connectivity index (χ0v) is 10.3. The van der Waals surface area contributed by atoms with E-state index in [4.69, 9.17) is 10.5 Å². The Labute approximate surface area is 110 Å². The average Bonchev–Trinajstić information content (AvgIpc) is 2.78. The monoisotopic (exact) mass is 261 g/mol. The highest BCUT2D eigenvalue weighted by molar-refractivity contribution is 6.00. The van der Waals surface area contributed by atoms with E-state index in [1.54, 1.807) is 0 Å². The van der Waals surface area contributed by atoms with Crippen LogP contribution in [0.3, 0.4) is 0 Å². The Morgan fingerprint density at radius 3 is 2.95 bits per heavy atom. The number of anilines is 1. The Hall–Kier alpha value is -1.92. The smallest absolute Gasteiger partial charge is 0.258 e. The minimum atomic E-state index is -1.02. The molecule has 0 saturated carbocycles. The van der Waals surface area contributed by atoms with Crippen LogP contribution in [0.15, 0.2) is 24.3 Å². The topological polar surface area (TPSA) is 93.5 Å². The number of carbonyl (C=O) groups excluding carboxylic acids is 2. The lowest BCUT2D eigenvalue weighted by Crippen LogP contribution is -2.46. The molecule has 4 N–H and O–H groups in total. The van der Waals surface area contributed by atoms with Crippen molar-refractivity contribution in [2.45, 2.75) is 24.7 Å². The average molecular weight is 261 g/mol. The second-order valence-corrected chi connectivity index (χ2v) is 4.93. The van der Waals surface area contributed by atoms with Crippen LogP contribution in [0.4, 0.5) is 5.69 Å². The van der Waals surface area contributed by atoms with Gasteiger partial charge >= 0.3 is 0 Å². The van der Waals surface area contributed by atoms with E-state index in [-0.39, 0.29) is 12.3 Å². The molecule has 1 aromatic rings. The molecule has 2 aliphatic rings. The lowest BCUT2D eigenvalue weighted by Gasteiger charge is -2.24. The van der Waals surface area contributed by atoms with Crippen molar-refractivity contribution < 1.29 is 14.3 Å².